The molecule has 1 aromatic carbocycles. The maximum Gasteiger partial charge on any atom is 0.0426 e. The summed E-state index contributed by atoms with van der Waals surface area (Å²) >= 11 is 10.4. The van der Waals surface area contributed by atoms with Crippen molar-refractivity contribution in [2.45, 2.75) is 43.5 Å². The second-order valence-corrected chi connectivity index (χ2v) is 5.91. The Bertz CT molecular complexity index is 384. The summed E-state index contributed by atoms with van der Waals surface area (Å²) in [5.74, 6) is 0. The highest BCUT2D eigenvalue weighted by atomic mass is 35.5. The minimum Gasteiger partial charge on any atom is -0.398 e. The van der Waals surface area contributed by atoms with Gasteiger partial charge in [-0.25, -0.2) is 0 Å². The molecule has 17 heavy (non-hydrogen) atoms. The maximum atomic E-state index is 5.92. The molecule has 1 aliphatic rings. The van der Waals surface area contributed by atoms with E-state index in [1.807, 2.05) is 12.1 Å². The van der Waals surface area contributed by atoms with E-state index in [9.17, 15) is 0 Å². The molecule has 2 atom stereocenters. The Hall–Kier alpha value is -0.380. The molecule has 3 N–H and O–H groups in total. The van der Waals surface area contributed by atoms with E-state index in [-0.39, 0.29) is 0 Å². The minimum atomic E-state index is 0.545. The molecular formula is C13H19ClN2S. The molecule has 2 nitrogen and oxygen atoms in total. The lowest BCUT2D eigenvalue weighted by Gasteiger charge is -2.27. The normalized spacial score (nSPS) is 24.8. The molecule has 0 saturated heterocycles. The van der Waals surface area contributed by atoms with Gasteiger partial charge in [-0.05, 0) is 37.0 Å². The zero-order valence-electron chi connectivity index (χ0n) is 9.82. The van der Waals surface area contributed by atoms with Gasteiger partial charge in [0.25, 0.3) is 0 Å². The van der Waals surface area contributed by atoms with E-state index in [4.69, 9.17) is 17.3 Å². The van der Waals surface area contributed by atoms with Gasteiger partial charge in [-0.3, -0.25) is 0 Å². The van der Waals surface area contributed by atoms with Crippen LogP contribution >= 0.6 is 24.2 Å². The van der Waals surface area contributed by atoms with Crippen molar-refractivity contribution in [1.82, 2.24) is 5.32 Å². The van der Waals surface area contributed by atoms with Gasteiger partial charge in [0.2, 0.25) is 0 Å². The molecule has 1 aromatic rings. The van der Waals surface area contributed by atoms with E-state index < -0.39 is 0 Å². The van der Waals surface area contributed by atoms with Crippen LogP contribution in [0.2, 0.25) is 5.02 Å². The van der Waals surface area contributed by atoms with E-state index in [0.717, 1.165) is 24.2 Å². The zero-order chi connectivity index (χ0) is 12.3. The smallest absolute Gasteiger partial charge is 0.0426 e. The fourth-order valence-corrected chi connectivity index (χ4v) is 2.95. The Morgan fingerprint density at radius 3 is 2.94 bits per heavy atom. The number of nitrogen functional groups attached to an aromatic ring is 1. The number of rotatable bonds is 3. The van der Waals surface area contributed by atoms with Crippen LogP contribution in [0.3, 0.4) is 0 Å². The zero-order valence-corrected chi connectivity index (χ0v) is 11.5. The van der Waals surface area contributed by atoms with Crippen LogP contribution in [0.25, 0.3) is 0 Å². The first-order valence-electron chi connectivity index (χ1n) is 6.10. The first-order valence-corrected chi connectivity index (χ1v) is 7.00. The summed E-state index contributed by atoms with van der Waals surface area (Å²) in [5, 5.41) is 4.80. The number of nitrogens with one attached hydrogen (secondary N) is 1. The van der Waals surface area contributed by atoms with Crippen LogP contribution in [-0.4, -0.2) is 11.3 Å². The molecule has 0 aliphatic heterocycles. The number of halogens is 1. The lowest BCUT2D eigenvalue weighted by Crippen LogP contribution is -2.34. The molecular weight excluding hydrogens is 252 g/mol. The van der Waals surface area contributed by atoms with Gasteiger partial charge in [-0.2, -0.15) is 12.6 Å². The molecule has 0 aromatic heterocycles. The SMILES string of the molecule is Nc1cc(Cl)ccc1CNC1CCCC(S)C1. The van der Waals surface area contributed by atoms with Crippen LogP contribution < -0.4 is 11.1 Å². The number of hydrogen-bond acceptors (Lipinski definition) is 3. The number of benzene rings is 1. The summed E-state index contributed by atoms with van der Waals surface area (Å²) in [6.07, 6.45) is 4.90. The van der Waals surface area contributed by atoms with Gasteiger partial charge in [0.15, 0.2) is 0 Å². The number of thiol groups is 1. The fraction of sp³-hybridized carbons (Fsp3) is 0.538. The molecule has 94 valence electrons. The number of hydrogen-bond donors (Lipinski definition) is 3. The highest BCUT2D eigenvalue weighted by Gasteiger charge is 2.18. The molecule has 1 saturated carbocycles. The van der Waals surface area contributed by atoms with Crippen molar-refractivity contribution in [3.63, 3.8) is 0 Å². The van der Waals surface area contributed by atoms with Gasteiger partial charge in [0, 0.05) is 28.5 Å². The summed E-state index contributed by atoms with van der Waals surface area (Å²) in [4.78, 5) is 0. The Labute approximate surface area is 113 Å². The molecule has 4 heteroatoms. The molecule has 1 aliphatic carbocycles. The Balaban J connectivity index is 1.88. The van der Waals surface area contributed by atoms with E-state index in [1.54, 1.807) is 6.07 Å². The minimum absolute atomic E-state index is 0.545. The van der Waals surface area contributed by atoms with E-state index in [2.05, 4.69) is 17.9 Å². The molecule has 2 unspecified atom stereocenters. The van der Waals surface area contributed by atoms with Gasteiger partial charge in [0.1, 0.15) is 0 Å². The maximum absolute atomic E-state index is 5.92. The van der Waals surface area contributed by atoms with Crippen LogP contribution in [0, 0.1) is 0 Å². The highest BCUT2D eigenvalue weighted by molar-refractivity contribution is 7.80. The summed E-state index contributed by atoms with van der Waals surface area (Å²) in [6.45, 7) is 0.814. The number of anilines is 1. The molecule has 0 heterocycles. The van der Waals surface area contributed by atoms with Crippen LogP contribution in [0.15, 0.2) is 18.2 Å². The average Bonchev–Trinajstić information content (AvgIpc) is 2.28. The van der Waals surface area contributed by atoms with E-state index >= 15 is 0 Å². The Morgan fingerprint density at radius 2 is 2.24 bits per heavy atom. The first kappa shape index (κ1) is 13.1. The van der Waals surface area contributed by atoms with Crippen LogP contribution in [0.4, 0.5) is 5.69 Å². The molecule has 0 bridgehead atoms. The third-order valence-corrected chi connectivity index (χ3v) is 4.04. The van der Waals surface area contributed by atoms with Gasteiger partial charge < -0.3 is 11.1 Å². The average molecular weight is 271 g/mol. The van der Waals surface area contributed by atoms with Crippen molar-refractivity contribution < 1.29 is 0 Å². The lowest BCUT2D eigenvalue weighted by atomic mass is 9.95. The standard InChI is InChI=1S/C13H19ClN2S/c14-10-5-4-9(13(15)6-10)8-16-11-2-1-3-12(17)7-11/h4-6,11-12,16-17H,1-3,7-8,15H2. The van der Waals surface area contributed by atoms with Crippen molar-refractivity contribution in [1.29, 1.82) is 0 Å². The van der Waals surface area contributed by atoms with Crippen molar-refractivity contribution in [3.05, 3.63) is 28.8 Å². The summed E-state index contributed by atoms with van der Waals surface area (Å²) < 4.78 is 0. The quantitative estimate of drug-likeness (QED) is 0.583. The first-order chi connectivity index (χ1) is 8.15. The van der Waals surface area contributed by atoms with Crippen molar-refractivity contribution >= 4 is 29.9 Å². The third kappa shape index (κ3) is 3.80. The molecule has 2 rings (SSSR count). The molecule has 0 amide bonds. The molecule has 1 fully saturated rings. The molecule has 0 radical (unpaired) electrons. The van der Waals surface area contributed by atoms with E-state index in [0.29, 0.717) is 16.3 Å². The monoisotopic (exact) mass is 270 g/mol. The predicted molar refractivity (Wildman–Crippen MR) is 77.7 cm³/mol. The predicted octanol–water partition coefficient (Wildman–Crippen LogP) is 3.25. The highest BCUT2D eigenvalue weighted by Crippen LogP contribution is 2.23. The van der Waals surface area contributed by atoms with Gasteiger partial charge in [-0.1, -0.05) is 24.1 Å². The second-order valence-electron chi connectivity index (χ2n) is 4.74. The second kappa shape index (κ2) is 5.98. The largest absolute Gasteiger partial charge is 0.398 e. The van der Waals surface area contributed by atoms with Crippen molar-refractivity contribution in [3.8, 4) is 0 Å². The van der Waals surface area contributed by atoms with Crippen LogP contribution in [0.1, 0.15) is 31.2 Å². The van der Waals surface area contributed by atoms with Crippen LogP contribution in [0.5, 0.6) is 0 Å². The summed E-state index contributed by atoms with van der Waals surface area (Å²) in [6, 6.07) is 6.25. The van der Waals surface area contributed by atoms with Gasteiger partial charge in [0.05, 0.1) is 0 Å². The Morgan fingerprint density at radius 1 is 1.41 bits per heavy atom. The van der Waals surface area contributed by atoms with Gasteiger partial charge in [-0.15, -0.1) is 0 Å². The van der Waals surface area contributed by atoms with E-state index in [1.165, 1.54) is 19.3 Å². The fourth-order valence-electron chi connectivity index (χ4n) is 2.33. The summed E-state index contributed by atoms with van der Waals surface area (Å²) in [7, 11) is 0. The Kier molecular flexibility index (Phi) is 4.60. The van der Waals surface area contributed by atoms with Crippen molar-refractivity contribution in [2.24, 2.45) is 0 Å². The third-order valence-electron chi connectivity index (χ3n) is 3.34. The molecule has 0 spiro atoms. The lowest BCUT2D eigenvalue weighted by molar-refractivity contribution is 0.381. The number of nitrogens with two attached hydrogens (primary N) is 1. The topological polar surface area (TPSA) is 38.0 Å². The van der Waals surface area contributed by atoms with Crippen LogP contribution in [-0.2, 0) is 6.54 Å². The van der Waals surface area contributed by atoms with Crippen molar-refractivity contribution in [2.75, 3.05) is 5.73 Å². The van der Waals surface area contributed by atoms with Gasteiger partial charge >= 0.3 is 0 Å². The summed E-state index contributed by atoms with van der Waals surface area (Å²) in [5.41, 5.74) is 7.81.